The van der Waals surface area contributed by atoms with E-state index >= 15 is 0 Å². The first-order valence-electron chi connectivity index (χ1n) is 7.82. The molecule has 1 N–H and O–H groups in total. The fourth-order valence-electron chi connectivity index (χ4n) is 4.60. The van der Waals surface area contributed by atoms with Gasteiger partial charge in [0.05, 0.1) is 5.60 Å². The molecule has 0 radical (unpaired) electrons. The van der Waals surface area contributed by atoms with E-state index in [1.807, 2.05) is 18.2 Å². The molecule has 1 fully saturated rings. The van der Waals surface area contributed by atoms with E-state index in [0.717, 1.165) is 36.3 Å². The molecule has 3 rings (SSSR count). The van der Waals surface area contributed by atoms with E-state index in [-0.39, 0.29) is 10.8 Å². The van der Waals surface area contributed by atoms with Crippen molar-refractivity contribution in [3.8, 4) is 11.5 Å². The Morgan fingerprint density at radius 1 is 0.857 bits per heavy atom. The highest BCUT2D eigenvalue weighted by atomic mass is 16.6. The van der Waals surface area contributed by atoms with E-state index in [1.54, 1.807) is 0 Å². The maximum absolute atomic E-state index is 11.3. The van der Waals surface area contributed by atoms with Gasteiger partial charge < -0.3 is 14.6 Å². The van der Waals surface area contributed by atoms with Gasteiger partial charge in [0, 0.05) is 0 Å². The fraction of sp³-hybridized carbons (Fsp3) is 0.667. The Morgan fingerprint density at radius 2 is 1.43 bits per heavy atom. The van der Waals surface area contributed by atoms with Crippen LogP contribution in [0.1, 0.15) is 52.5 Å². The molecule has 0 aromatic heterocycles. The third kappa shape index (κ3) is 2.89. The quantitative estimate of drug-likeness (QED) is 0.853. The van der Waals surface area contributed by atoms with Crippen LogP contribution in [0.25, 0.3) is 0 Å². The Morgan fingerprint density at radius 3 is 2.05 bits per heavy atom. The summed E-state index contributed by atoms with van der Waals surface area (Å²) < 4.78 is 11.2. The second-order valence-corrected chi connectivity index (χ2v) is 8.25. The maximum atomic E-state index is 11.3. The lowest BCUT2D eigenvalue weighted by atomic mass is 9.58. The van der Waals surface area contributed by atoms with Gasteiger partial charge in [0.25, 0.3) is 0 Å². The van der Waals surface area contributed by atoms with E-state index in [2.05, 4.69) is 27.7 Å². The molecule has 0 saturated heterocycles. The van der Waals surface area contributed by atoms with Crippen LogP contribution in [0.15, 0.2) is 18.2 Å². The first kappa shape index (κ1) is 14.7. The Bertz CT molecular complexity index is 529. The van der Waals surface area contributed by atoms with Gasteiger partial charge >= 0.3 is 0 Å². The van der Waals surface area contributed by atoms with Crippen molar-refractivity contribution in [2.45, 2.75) is 52.6 Å². The summed E-state index contributed by atoms with van der Waals surface area (Å²) in [7, 11) is 0. The summed E-state index contributed by atoms with van der Waals surface area (Å²) in [6.45, 7) is 10.2. The van der Waals surface area contributed by atoms with E-state index in [1.165, 1.54) is 0 Å². The minimum absolute atomic E-state index is 0.129. The van der Waals surface area contributed by atoms with Crippen LogP contribution in [0.5, 0.6) is 11.5 Å². The molecular weight excluding hydrogens is 264 g/mol. The topological polar surface area (TPSA) is 38.7 Å². The van der Waals surface area contributed by atoms with Crippen molar-refractivity contribution in [3.05, 3.63) is 23.8 Å². The van der Waals surface area contributed by atoms with Gasteiger partial charge in [-0.05, 0) is 47.8 Å². The van der Waals surface area contributed by atoms with Crippen LogP contribution in [0.3, 0.4) is 0 Å². The van der Waals surface area contributed by atoms with Gasteiger partial charge in [0.1, 0.15) is 13.2 Å². The largest absolute Gasteiger partial charge is 0.486 e. The Hall–Kier alpha value is -1.22. The van der Waals surface area contributed by atoms with E-state index in [4.69, 9.17) is 9.47 Å². The molecule has 1 aromatic rings. The highest BCUT2D eigenvalue weighted by Crippen LogP contribution is 2.54. The highest BCUT2D eigenvalue weighted by Gasteiger charge is 2.47. The number of aliphatic hydroxyl groups is 1. The molecule has 0 spiro atoms. The van der Waals surface area contributed by atoms with Gasteiger partial charge in [-0.3, -0.25) is 0 Å². The average molecular weight is 290 g/mol. The molecule has 1 saturated carbocycles. The van der Waals surface area contributed by atoms with Crippen LogP contribution in [-0.4, -0.2) is 18.3 Å². The molecular formula is C18H26O3. The van der Waals surface area contributed by atoms with Crippen molar-refractivity contribution in [1.82, 2.24) is 0 Å². The molecule has 0 unspecified atom stereocenters. The van der Waals surface area contributed by atoms with Crippen LogP contribution in [0, 0.1) is 10.8 Å². The predicted molar refractivity (Wildman–Crippen MR) is 82.7 cm³/mol. The number of ether oxygens (including phenoxy) is 2. The van der Waals surface area contributed by atoms with Gasteiger partial charge in [-0.15, -0.1) is 0 Å². The molecule has 0 bridgehead atoms. The molecule has 1 aliphatic carbocycles. The first-order chi connectivity index (χ1) is 9.69. The highest BCUT2D eigenvalue weighted by molar-refractivity contribution is 5.45. The van der Waals surface area contributed by atoms with E-state index < -0.39 is 5.60 Å². The molecule has 0 amide bonds. The standard InChI is InChI=1S/C18H26O3/c1-16(2)10-17(3,4)12-18(19,11-16)13-5-6-14-15(9-13)21-8-7-20-14/h5-6,9,19H,7-8,10-12H2,1-4H3. The summed E-state index contributed by atoms with van der Waals surface area (Å²) in [6, 6.07) is 5.88. The molecule has 1 heterocycles. The summed E-state index contributed by atoms with van der Waals surface area (Å²) in [4.78, 5) is 0. The van der Waals surface area contributed by atoms with E-state index in [0.29, 0.717) is 13.2 Å². The first-order valence-corrected chi connectivity index (χ1v) is 7.82. The molecule has 3 nitrogen and oxygen atoms in total. The fourth-order valence-corrected chi connectivity index (χ4v) is 4.60. The third-order valence-corrected chi connectivity index (χ3v) is 4.58. The molecule has 2 aliphatic rings. The molecule has 1 aromatic carbocycles. The lowest BCUT2D eigenvalue weighted by Gasteiger charge is -2.50. The number of benzene rings is 1. The lowest BCUT2D eigenvalue weighted by molar-refractivity contribution is -0.0914. The van der Waals surface area contributed by atoms with Crippen LogP contribution >= 0.6 is 0 Å². The van der Waals surface area contributed by atoms with Crippen molar-refractivity contribution < 1.29 is 14.6 Å². The normalized spacial score (nSPS) is 25.4. The van der Waals surface area contributed by atoms with Crippen LogP contribution in [0.2, 0.25) is 0 Å². The molecule has 1 aliphatic heterocycles. The molecule has 116 valence electrons. The Kier molecular flexibility index (Phi) is 3.25. The monoisotopic (exact) mass is 290 g/mol. The van der Waals surface area contributed by atoms with Gasteiger partial charge in [0.15, 0.2) is 11.5 Å². The second-order valence-electron chi connectivity index (χ2n) is 8.25. The SMILES string of the molecule is CC1(C)CC(C)(C)CC(O)(c2ccc3c(c2)OCCO3)C1. The minimum atomic E-state index is -0.791. The lowest BCUT2D eigenvalue weighted by Crippen LogP contribution is -2.44. The second kappa shape index (κ2) is 4.64. The zero-order valence-electron chi connectivity index (χ0n) is 13.5. The van der Waals surface area contributed by atoms with Crippen molar-refractivity contribution in [2.75, 3.05) is 13.2 Å². The zero-order valence-corrected chi connectivity index (χ0v) is 13.5. The Balaban J connectivity index is 1.98. The summed E-state index contributed by atoms with van der Waals surface area (Å²) in [6.07, 6.45) is 2.69. The van der Waals surface area contributed by atoms with Crippen molar-refractivity contribution in [1.29, 1.82) is 0 Å². The number of rotatable bonds is 1. The van der Waals surface area contributed by atoms with Crippen molar-refractivity contribution >= 4 is 0 Å². The maximum Gasteiger partial charge on any atom is 0.161 e. The van der Waals surface area contributed by atoms with Crippen LogP contribution in [0.4, 0.5) is 0 Å². The summed E-state index contributed by atoms with van der Waals surface area (Å²) in [5.41, 5.74) is 0.418. The molecule has 21 heavy (non-hydrogen) atoms. The number of hydrogen-bond donors (Lipinski definition) is 1. The Labute approximate surface area is 127 Å². The van der Waals surface area contributed by atoms with Gasteiger partial charge in [-0.25, -0.2) is 0 Å². The van der Waals surface area contributed by atoms with Crippen molar-refractivity contribution in [3.63, 3.8) is 0 Å². The van der Waals surface area contributed by atoms with Crippen molar-refractivity contribution in [2.24, 2.45) is 10.8 Å². The molecule has 3 heteroatoms. The average Bonchev–Trinajstić information content (AvgIpc) is 2.34. The predicted octanol–water partition coefficient (Wildman–Crippen LogP) is 3.88. The molecule has 0 atom stereocenters. The van der Waals surface area contributed by atoms with Crippen LogP contribution in [-0.2, 0) is 5.60 Å². The van der Waals surface area contributed by atoms with Gasteiger partial charge in [-0.1, -0.05) is 33.8 Å². The summed E-state index contributed by atoms with van der Waals surface area (Å²) in [5, 5.41) is 11.3. The minimum Gasteiger partial charge on any atom is -0.486 e. The van der Waals surface area contributed by atoms with Crippen LogP contribution < -0.4 is 9.47 Å². The number of fused-ring (bicyclic) bond motifs is 1. The third-order valence-electron chi connectivity index (χ3n) is 4.58. The van der Waals surface area contributed by atoms with E-state index in [9.17, 15) is 5.11 Å². The zero-order chi connectivity index (χ0) is 15.3. The van der Waals surface area contributed by atoms with Gasteiger partial charge in [0.2, 0.25) is 0 Å². The van der Waals surface area contributed by atoms with Gasteiger partial charge in [-0.2, -0.15) is 0 Å². The smallest absolute Gasteiger partial charge is 0.161 e. The summed E-state index contributed by atoms with van der Waals surface area (Å²) in [5.74, 6) is 1.54. The number of hydrogen-bond acceptors (Lipinski definition) is 3. The summed E-state index contributed by atoms with van der Waals surface area (Å²) >= 11 is 0.